The fourth-order valence-corrected chi connectivity index (χ4v) is 18.0. The Morgan fingerprint density at radius 3 is 1.30 bits per heavy atom. The molecule has 0 radical (unpaired) electrons. The summed E-state index contributed by atoms with van der Waals surface area (Å²) in [4.78, 5) is 105. The fraction of sp³-hybridized carbons (Fsp3) is 0.161. The number of hydrogen-bond donors (Lipinski definition) is 4. The Balaban J connectivity index is 0.000000136. The van der Waals surface area contributed by atoms with Crippen molar-refractivity contribution in [2.75, 3.05) is 0 Å². The molecule has 0 unspecified atom stereocenters. The standard InChI is InChI=1S/2C24H18F3NO4S.C24H20FNO4S.C21H14ClNO4S/c1-13(2)28-17(14-7-4-3-5-8-14)12-18-19(22(28)30)20(29)21(23(31)32-18)33-16-10-6-9-15(11-16)24(25,26)27;1-13(2)28-17(14-6-4-3-5-7-14)12-18-19(22(28)30)20(29)21(23(31)32-18)33-16-10-8-15(9-11-16)24(25,26)27;1-13(2)26-19(15-8-5-4-6-9-15)14(3)21-18(23(26)28)20(27)22(24(29)30-21)31-17-11-7-10-16(25)12-17;22-11-4-3-5-13(10-11)28-19-18(24)16-17(23(20(19)25)12-8-9-12)14-6-1-2-7-15(14)27-21(16)26/h2*3-13,29H,1-2H3;4-13,27H,1-3H3;1-7,10,12,24H,8-9H2. The summed E-state index contributed by atoms with van der Waals surface area (Å²) < 4.78 is 119. The van der Waals surface area contributed by atoms with E-state index in [-0.39, 0.29) is 103 Å². The van der Waals surface area contributed by atoms with Crippen LogP contribution in [0, 0.1) is 12.7 Å². The molecule has 0 bridgehead atoms. The van der Waals surface area contributed by atoms with Crippen LogP contribution in [0.15, 0.2) is 320 Å². The highest BCUT2D eigenvalue weighted by molar-refractivity contribution is 8.00. The van der Waals surface area contributed by atoms with Crippen LogP contribution in [0.5, 0.6) is 23.0 Å². The molecule has 20 nitrogen and oxygen atoms in total. The Hall–Kier alpha value is -12.9. The van der Waals surface area contributed by atoms with Crippen molar-refractivity contribution < 1.29 is 68.8 Å². The average molecular weight is 1800 g/mol. The van der Waals surface area contributed by atoms with E-state index in [4.69, 9.17) is 29.3 Å². The van der Waals surface area contributed by atoms with E-state index in [9.17, 15) is 89.5 Å². The summed E-state index contributed by atoms with van der Waals surface area (Å²) in [6.07, 6.45) is -7.34. The molecule has 8 heterocycles. The zero-order chi connectivity index (χ0) is 89.5. The molecule has 638 valence electrons. The number of benzene rings is 8. The molecule has 1 aliphatic rings. The van der Waals surface area contributed by atoms with Gasteiger partial charge in [-0.1, -0.05) is 180 Å². The molecule has 4 N–H and O–H groups in total. The Kier molecular flexibility index (Phi) is 25.5. The first-order valence-electron chi connectivity index (χ1n) is 38.4. The molecular formula is C93H70ClF7N4O16S4. The highest BCUT2D eigenvalue weighted by Gasteiger charge is 2.35. The quantitative estimate of drug-likeness (QED) is 0.0421. The maximum Gasteiger partial charge on any atom is 0.416 e. The smallest absolute Gasteiger partial charge is 0.416 e. The summed E-state index contributed by atoms with van der Waals surface area (Å²) >= 11 is 9.33. The number of para-hydroxylation sites is 1. The molecule has 0 spiro atoms. The molecule has 8 aromatic carbocycles. The minimum Gasteiger partial charge on any atom is -0.506 e. The van der Waals surface area contributed by atoms with Crippen LogP contribution in [0.1, 0.15) is 95.2 Å². The lowest BCUT2D eigenvalue weighted by Crippen LogP contribution is -2.26. The van der Waals surface area contributed by atoms with Crippen LogP contribution in [0.2, 0.25) is 5.02 Å². The van der Waals surface area contributed by atoms with Crippen LogP contribution in [0.4, 0.5) is 30.7 Å². The van der Waals surface area contributed by atoms with Gasteiger partial charge in [0, 0.05) is 71.9 Å². The van der Waals surface area contributed by atoms with Gasteiger partial charge in [0.2, 0.25) is 0 Å². The summed E-state index contributed by atoms with van der Waals surface area (Å²) in [6, 6.07) is 57.9. The predicted molar refractivity (Wildman–Crippen MR) is 469 cm³/mol. The minimum absolute atomic E-state index is 0.0134. The number of nitrogens with zero attached hydrogens (tertiary/aromatic N) is 4. The summed E-state index contributed by atoms with van der Waals surface area (Å²) in [5.74, 6) is -2.46. The van der Waals surface area contributed by atoms with E-state index in [1.54, 1.807) is 103 Å². The van der Waals surface area contributed by atoms with Gasteiger partial charge in [-0.3, -0.25) is 19.2 Å². The average Bonchev–Trinajstić information content (AvgIpc) is 1.67. The van der Waals surface area contributed by atoms with Gasteiger partial charge in [0.15, 0.2) is 28.6 Å². The maximum atomic E-state index is 13.6. The van der Waals surface area contributed by atoms with Gasteiger partial charge in [-0.2, -0.15) is 26.3 Å². The minimum atomic E-state index is -4.56. The second-order valence-electron chi connectivity index (χ2n) is 29.4. The molecule has 1 fully saturated rings. The summed E-state index contributed by atoms with van der Waals surface area (Å²) in [5.41, 5.74) is -1.76. The second kappa shape index (κ2) is 36.1. The van der Waals surface area contributed by atoms with Crippen LogP contribution < -0.4 is 44.7 Å². The summed E-state index contributed by atoms with van der Waals surface area (Å²) in [7, 11) is 0. The van der Waals surface area contributed by atoms with Gasteiger partial charge in [-0.25, -0.2) is 23.6 Å². The molecule has 125 heavy (non-hydrogen) atoms. The van der Waals surface area contributed by atoms with Crippen molar-refractivity contribution in [1.82, 2.24) is 18.3 Å². The molecule has 0 amide bonds. The van der Waals surface area contributed by atoms with E-state index in [0.717, 1.165) is 89.1 Å². The molecular weight excluding hydrogens is 1730 g/mol. The lowest BCUT2D eigenvalue weighted by atomic mass is 10.0. The Bertz CT molecular complexity index is 7440. The van der Waals surface area contributed by atoms with Crippen molar-refractivity contribution in [3.05, 3.63) is 335 Å². The van der Waals surface area contributed by atoms with Crippen molar-refractivity contribution in [2.45, 2.75) is 137 Å². The molecule has 1 aliphatic carbocycles. The van der Waals surface area contributed by atoms with Crippen molar-refractivity contribution in [3.63, 3.8) is 0 Å². The first-order valence-corrected chi connectivity index (χ1v) is 42.1. The van der Waals surface area contributed by atoms with Crippen molar-refractivity contribution in [1.29, 1.82) is 0 Å². The van der Waals surface area contributed by atoms with Crippen molar-refractivity contribution >= 4 is 113 Å². The number of halogens is 8. The highest BCUT2D eigenvalue weighted by Crippen LogP contribution is 2.46. The van der Waals surface area contributed by atoms with E-state index >= 15 is 0 Å². The molecule has 8 aromatic heterocycles. The SMILES string of the molecule is CC(C)n1c(-c2ccccc2)cc2oc(=O)c(Sc3ccc(C(F)(F)F)cc3)c(O)c2c1=O.CC(C)n1c(-c2ccccc2)cc2oc(=O)c(Sc3cccc(C(F)(F)F)c3)c(O)c2c1=O.Cc1c(-c2ccccc2)n(C(C)C)c(=O)c2c(O)c(Sc3cccc(F)c3)c(=O)oc12.O=c1oc2ccccc2c2c1c(O)c(Sc1cccc(Cl)c1)c(=O)n2C1CC1. The molecule has 1 saturated carbocycles. The van der Waals surface area contributed by atoms with E-state index in [1.165, 1.54) is 63.7 Å². The van der Waals surface area contributed by atoms with Gasteiger partial charge < -0.3 is 56.4 Å². The molecule has 0 saturated heterocycles. The van der Waals surface area contributed by atoms with Crippen molar-refractivity contribution in [2.24, 2.45) is 0 Å². The number of pyridine rings is 4. The second-order valence-corrected chi connectivity index (χ2v) is 34.2. The van der Waals surface area contributed by atoms with Crippen LogP contribution in [0.3, 0.4) is 0 Å². The van der Waals surface area contributed by atoms with Gasteiger partial charge >= 0.3 is 34.9 Å². The van der Waals surface area contributed by atoms with Crippen molar-refractivity contribution in [3.8, 4) is 56.8 Å². The maximum absolute atomic E-state index is 13.6. The van der Waals surface area contributed by atoms with Gasteiger partial charge in [-0.05, 0) is 169 Å². The van der Waals surface area contributed by atoms with Crippen LogP contribution >= 0.6 is 58.6 Å². The first-order chi connectivity index (χ1) is 59.5. The van der Waals surface area contributed by atoms with Gasteiger partial charge in [0.05, 0.1) is 33.7 Å². The summed E-state index contributed by atoms with van der Waals surface area (Å²) in [5, 5.41) is 44.3. The zero-order valence-electron chi connectivity index (χ0n) is 66.7. The topological polar surface area (TPSA) is 290 Å². The van der Waals surface area contributed by atoms with E-state index in [0.29, 0.717) is 65.7 Å². The number of aryl methyl sites for hydroxylation is 1. The van der Waals surface area contributed by atoms with Crippen LogP contribution in [-0.2, 0) is 12.4 Å². The van der Waals surface area contributed by atoms with E-state index < -0.39 is 85.7 Å². The molecule has 17 rings (SSSR count). The Labute approximate surface area is 724 Å². The predicted octanol–water partition coefficient (Wildman–Crippen LogP) is 22.6. The lowest BCUT2D eigenvalue weighted by molar-refractivity contribution is -0.138. The number of aromatic nitrogens is 4. The summed E-state index contributed by atoms with van der Waals surface area (Å²) in [6.45, 7) is 12.7. The number of hydrogen-bond acceptors (Lipinski definition) is 20. The first kappa shape index (κ1) is 88.4. The zero-order valence-corrected chi connectivity index (χ0v) is 70.7. The molecule has 16 aromatic rings. The van der Waals surface area contributed by atoms with E-state index in [2.05, 4.69) is 0 Å². The van der Waals surface area contributed by atoms with Gasteiger partial charge in [-0.15, -0.1) is 0 Å². The Morgan fingerprint density at radius 2 is 0.808 bits per heavy atom. The number of aromatic hydroxyl groups is 4. The molecule has 0 atom stereocenters. The normalized spacial score (nSPS) is 12.3. The Morgan fingerprint density at radius 1 is 0.392 bits per heavy atom. The van der Waals surface area contributed by atoms with Crippen LogP contribution in [0.25, 0.3) is 88.6 Å². The third-order valence-electron chi connectivity index (χ3n) is 19.9. The molecule has 32 heteroatoms. The third-order valence-corrected chi connectivity index (χ3v) is 24.4. The van der Waals surface area contributed by atoms with Gasteiger partial charge in [0.1, 0.15) is 63.7 Å². The largest absolute Gasteiger partial charge is 0.506 e. The van der Waals surface area contributed by atoms with Crippen LogP contribution in [-0.4, -0.2) is 38.7 Å². The lowest BCUT2D eigenvalue weighted by Gasteiger charge is -2.21. The third kappa shape index (κ3) is 18.2. The number of rotatable bonds is 15. The monoisotopic (exact) mass is 1790 g/mol. The number of alkyl halides is 6. The fourth-order valence-electron chi connectivity index (χ4n) is 14.2. The molecule has 0 aliphatic heterocycles. The highest BCUT2D eigenvalue weighted by atomic mass is 35.5. The van der Waals surface area contributed by atoms with Gasteiger partial charge in [0.25, 0.3) is 22.2 Å². The van der Waals surface area contributed by atoms with E-state index in [1.807, 2.05) is 100 Å². The number of fused-ring (bicyclic) bond motifs is 6.